The quantitative estimate of drug-likeness (QED) is 0.624. The third-order valence-electron chi connectivity index (χ3n) is 2.63. The van der Waals surface area contributed by atoms with Crippen LogP contribution in [0.15, 0.2) is 28.9 Å². The minimum absolute atomic E-state index is 0.000838. The molecule has 0 N–H and O–H groups in total. The predicted octanol–water partition coefficient (Wildman–Crippen LogP) is 2.69. The monoisotopic (exact) mass is 308 g/mol. The van der Waals surface area contributed by atoms with Gasteiger partial charge in [0, 0.05) is 5.56 Å². The number of ether oxygens (including phenoxy) is 2. The fourth-order valence-corrected chi connectivity index (χ4v) is 2.37. The van der Waals surface area contributed by atoms with Crippen molar-refractivity contribution in [2.45, 2.75) is 13.5 Å². The average Bonchev–Trinajstić information content (AvgIpc) is 3.12. The molecule has 0 saturated heterocycles. The van der Waals surface area contributed by atoms with E-state index in [0.717, 1.165) is 11.3 Å². The topological polar surface area (TPSA) is 82.8 Å². The molecule has 2 aromatic heterocycles. The van der Waals surface area contributed by atoms with Crippen molar-refractivity contribution in [3.8, 4) is 0 Å². The van der Waals surface area contributed by atoms with Crippen LogP contribution in [0.3, 0.4) is 0 Å². The van der Waals surface area contributed by atoms with E-state index in [0.29, 0.717) is 15.3 Å². The van der Waals surface area contributed by atoms with E-state index in [-0.39, 0.29) is 18.2 Å². The summed E-state index contributed by atoms with van der Waals surface area (Å²) in [5.41, 5.74) is 0.415. The molecular formula is C14H12O6S. The van der Waals surface area contributed by atoms with Gasteiger partial charge in [0.25, 0.3) is 0 Å². The summed E-state index contributed by atoms with van der Waals surface area (Å²) in [7, 11) is 1.23. The van der Waals surface area contributed by atoms with Crippen LogP contribution in [0.1, 0.15) is 42.4 Å². The van der Waals surface area contributed by atoms with Crippen LogP contribution < -0.4 is 0 Å². The van der Waals surface area contributed by atoms with Gasteiger partial charge in [-0.3, -0.25) is 4.79 Å². The Labute approximate surface area is 124 Å². The molecule has 0 atom stereocenters. The first-order valence-corrected chi connectivity index (χ1v) is 6.77. The molecule has 2 aromatic rings. The number of furan rings is 1. The fourth-order valence-electron chi connectivity index (χ4n) is 1.57. The number of hydrogen-bond acceptors (Lipinski definition) is 7. The Morgan fingerprint density at radius 1 is 1.14 bits per heavy atom. The van der Waals surface area contributed by atoms with Crippen LogP contribution in [-0.2, 0) is 16.1 Å². The van der Waals surface area contributed by atoms with E-state index in [9.17, 15) is 14.4 Å². The number of carbonyl (C=O) groups is 3. The smallest absolute Gasteiger partial charge is 0.374 e. The average molecular weight is 308 g/mol. The van der Waals surface area contributed by atoms with Crippen LogP contribution in [0.4, 0.5) is 0 Å². The molecule has 0 aliphatic carbocycles. The number of hydrogen-bond donors (Lipinski definition) is 0. The highest BCUT2D eigenvalue weighted by molar-refractivity contribution is 7.15. The lowest BCUT2D eigenvalue weighted by Crippen LogP contribution is -2.07. The summed E-state index contributed by atoms with van der Waals surface area (Å²) in [6.07, 6.45) is 1.31. The summed E-state index contributed by atoms with van der Waals surface area (Å²) in [5, 5.41) is 0. The fraction of sp³-hybridized carbons (Fsp3) is 0.214. The molecule has 0 spiro atoms. The van der Waals surface area contributed by atoms with E-state index in [1.165, 1.54) is 32.4 Å². The SMILES string of the molecule is COC(=O)c1occc1COC(=O)c1ccc(C(C)=O)s1. The molecule has 0 radical (unpaired) electrons. The first kappa shape index (κ1) is 15.0. The van der Waals surface area contributed by atoms with E-state index >= 15 is 0 Å². The van der Waals surface area contributed by atoms with Crippen molar-refractivity contribution in [3.63, 3.8) is 0 Å². The molecule has 0 fully saturated rings. The van der Waals surface area contributed by atoms with E-state index in [1.807, 2.05) is 0 Å². The van der Waals surface area contributed by atoms with Crippen LogP contribution in [0.5, 0.6) is 0 Å². The number of thiophene rings is 1. The number of esters is 2. The van der Waals surface area contributed by atoms with Gasteiger partial charge < -0.3 is 13.9 Å². The van der Waals surface area contributed by atoms with Gasteiger partial charge >= 0.3 is 11.9 Å². The number of Topliss-reactive ketones (excluding diaryl/α,β-unsaturated/α-hetero) is 1. The second kappa shape index (κ2) is 6.36. The summed E-state index contributed by atoms with van der Waals surface area (Å²) in [6, 6.07) is 4.62. The highest BCUT2D eigenvalue weighted by Crippen LogP contribution is 2.19. The Hall–Kier alpha value is -2.41. The Bertz CT molecular complexity index is 681. The summed E-state index contributed by atoms with van der Waals surface area (Å²) in [6.45, 7) is 1.31. The summed E-state index contributed by atoms with van der Waals surface area (Å²) in [4.78, 5) is 35.2. The Balaban J connectivity index is 2.02. The van der Waals surface area contributed by atoms with Gasteiger partial charge in [-0.15, -0.1) is 11.3 Å². The maximum absolute atomic E-state index is 11.9. The number of ketones is 1. The van der Waals surface area contributed by atoms with E-state index in [2.05, 4.69) is 4.74 Å². The van der Waals surface area contributed by atoms with Gasteiger partial charge in [-0.05, 0) is 25.1 Å². The van der Waals surface area contributed by atoms with Crippen molar-refractivity contribution >= 4 is 29.1 Å². The maximum atomic E-state index is 11.9. The molecule has 2 heterocycles. The zero-order chi connectivity index (χ0) is 15.4. The van der Waals surface area contributed by atoms with Crippen molar-refractivity contribution in [2.24, 2.45) is 0 Å². The molecule has 6 nitrogen and oxygen atoms in total. The molecule has 2 rings (SSSR count). The van der Waals surface area contributed by atoms with Gasteiger partial charge in [-0.2, -0.15) is 0 Å². The van der Waals surface area contributed by atoms with Gasteiger partial charge in [0.2, 0.25) is 5.76 Å². The second-order valence-electron chi connectivity index (χ2n) is 4.06. The highest BCUT2D eigenvalue weighted by atomic mass is 32.1. The molecule has 0 aliphatic heterocycles. The second-order valence-corrected chi connectivity index (χ2v) is 5.15. The van der Waals surface area contributed by atoms with Crippen LogP contribution >= 0.6 is 11.3 Å². The molecule has 0 saturated carbocycles. The maximum Gasteiger partial charge on any atom is 0.374 e. The molecule has 7 heteroatoms. The molecule has 0 unspecified atom stereocenters. The normalized spacial score (nSPS) is 10.2. The number of carbonyl (C=O) groups excluding carboxylic acids is 3. The third-order valence-corrected chi connectivity index (χ3v) is 3.80. The first-order valence-electron chi connectivity index (χ1n) is 5.95. The molecule has 0 aliphatic rings. The largest absolute Gasteiger partial charge is 0.463 e. The lowest BCUT2D eigenvalue weighted by atomic mass is 10.2. The van der Waals surface area contributed by atoms with Gasteiger partial charge in [0.1, 0.15) is 11.5 Å². The van der Waals surface area contributed by atoms with Crippen molar-refractivity contribution < 1.29 is 28.3 Å². The van der Waals surface area contributed by atoms with Crippen molar-refractivity contribution in [1.29, 1.82) is 0 Å². The zero-order valence-corrected chi connectivity index (χ0v) is 12.2. The first-order chi connectivity index (χ1) is 10.0. The van der Waals surface area contributed by atoms with E-state index < -0.39 is 11.9 Å². The molecular weight excluding hydrogens is 296 g/mol. The van der Waals surface area contributed by atoms with E-state index in [4.69, 9.17) is 9.15 Å². The molecule has 21 heavy (non-hydrogen) atoms. The summed E-state index contributed by atoms with van der Waals surface area (Å²) in [5.74, 6) is -1.31. The number of methoxy groups -OCH3 is 1. The van der Waals surface area contributed by atoms with Crippen molar-refractivity contribution in [2.75, 3.05) is 7.11 Å². The van der Waals surface area contributed by atoms with Crippen molar-refractivity contribution in [3.05, 3.63) is 45.5 Å². The van der Waals surface area contributed by atoms with Crippen LogP contribution in [-0.4, -0.2) is 24.8 Å². The predicted molar refractivity (Wildman–Crippen MR) is 73.5 cm³/mol. The van der Waals surface area contributed by atoms with Gasteiger partial charge in [0.15, 0.2) is 5.78 Å². The minimum Gasteiger partial charge on any atom is -0.463 e. The van der Waals surface area contributed by atoms with Crippen LogP contribution in [0, 0.1) is 0 Å². The standard InChI is InChI=1S/C14H12O6S/c1-8(15)10-3-4-11(21-10)13(16)20-7-9-5-6-19-12(9)14(17)18-2/h3-6H,7H2,1-2H3. The lowest BCUT2D eigenvalue weighted by molar-refractivity contribution is 0.0458. The van der Waals surface area contributed by atoms with E-state index in [1.54, 1.807) is 6.07 Å². The van der Waals surface area contributed by atoms with Gasteiger partial charge in [0.05, 0.1) is 18.3 Å². The molecule has 0 aromatic carbocycles. The van der Waals surface area contributed by atoms with Gasteiger partial charge in [-0.25, -0.2) is 9.59 Å². The van der Waals surface area contributed by atoms with Crippen LogP contribution in [0.25, 0.3) is 0 Å². The zero-order valence-electron chi connectivity index (χ0n) is 11.4. The highest BCUT2D eigenvalue weighted by Gasteiger charge is 2.18. The molecule has 110 valence electrons. The molecule has 0 amide bonds. The molecule has 0 bridgehead atoms. The van der Waals surface area contributed by atoms with Gasteiger partial charge in [-0.1, -0.05) is 0 Å². The number of rotatable bonds is 5. The Kier molecular flexibility index (Phi) is 4.54. The Morgan fingerprint density at radius 3 is 2.48 bits per heavy atom. The summed E-state index contributed by atoms with van der Waals surface area (Å²) >= 11 is 1.06. The Morgan fingerprint density at radius 2 is 1.86 bits per heavy atom. The minimum atomic E-state index is -0.638. The van der Waals surface area contributed by atoms with Crippen molar-refractivity contribution in [1.82, 2.24) is 0 Å². The van der Waals surface area contributed by atoms with Crippen LogP contribution in [0.2, 0.25) is 0 Å². The third kappa shape index (κ3) is 3.38. The lowest BCUT2D eigenvalue weighted by Gasteiger charge is -2.03. The summed E-state index contributed by atoms with van der Waals surface area (Å²) < 4.78 is 14.6.